The highest BCUT2D eigenvalue weighted by atomic mass is 16.3. The number of nitrogens with zero attached hydrogens (tertiary/aromatic N) is 2. The van der Waals surface area contributed by atoms with Crippen LogP contribution in [0.25, 0.3) is 0 Å². The average molecular weight is 295 g/mol. The predicted octanol–water partition coefficient (Wildman–Crippen LogP) is 1.88. The van der Waals surface area contributed by atoms with Gasteiger partial charge in [-0.05, 0) is 44.6 Å². The molecule has 0 saturated heterocycles. The second kappa shape index (κ2) is 7.07. The fourth-order valence-corrected chi connectivity index (χ4v) is 2.72. The molecule has 2 N–H and O–H groups in total. The summed E-state index contributed by atoms with van der Waals surface area (Å²) in [5.41, 5.74) is 3.19. The number of hydrogen-bond donors (Lipinski definition) is 2. The number of aliphatic hydroxyl groups excluding tert-OH is 1. The van der Waals surface area contributed by atoms with Crippen molar-refractivity contribution in [3.05, 3.63) is 17.0 Å². The first-order valence-electron chi connectivity index (χ1n) is 7.56. The lowest BCUT2D eigenvalue weighted by Crippen LogP contribution is -2.35. The van der Waals surface area contributed by atoms with Gasteiger partial charge in [0.1, 0.15) is 0 Å². The summed E-state index contributed by atoms with van der Waals surface area (Å²) in [7, 11) is 1.92. The van der Waals surface area contributed by atoms with Crippen molar-refractivity contribution in [1.82, 2.24) is 15.1 Å². The Morgan fingerprint density at radius 3 is 2.52 bits per heavy atom. The summed E-state index contributed by atoms with van der Waals surface area (Å²) in [6.45, 7) is 10.5. The highest BCUT2D eigenvalue weighted by molar-refractivity contribution is 5.76. The van der Waals surface area contributed by atoms with Gasteiger partial charge >= 0.3 is 0 Å². The molecule has 5 heteroatoms. The van der Waals surface area contributed by atoms with Gasteiger partial charge in [0.05, 0.1) is 11.8 Å². The summed E-state index contributed by atoms with van der Waals surface area (Å²) in [6, 6.07) is 0. The van der Waals surface area contributed by atoms with Crippen molar-refractivity contribution in [2.75, 3.05) is 6.54 Å². The smallest absolute Gasteiger partial charge is 0.220 e. The third-order valence-corrected chi connectivity index (χ3v) is 3.87. The molecule has 1 aromatic rings. The van der Waals surface area contributed by atoms with Crippen molar-refractivity contribution < 1.29 is 9.90 Å². The molecule has 0 spiro atoms. The minimum absolute atomic E-state index is 0.0521. The predicted molar refractivity (Wildman–Crippen MR) is 84.1 cm³/mol. The van der Waals surface area contributed by atoms with Crippen molar-refractivity contribution in [2.24, 2.45) is 12.5 Å². The number of carbonyl (C=O) groups is 1. The van der Waals surface area contributed by atoms with Crippen molar-refractivity contribution >= 4 is 5.91 Å². The Labute approximate surface area is 127 Å². The van der Waals surface area contributed by atoms with E-state index in [2.05, 4.69) is 24.3 Å². The molecule has 0 bridgehead atoms. The van der Waals surface area contributed by atoms with Crippen molar-refractivity contribution in [3.63, 3.8) is 0 Å². The van der Waals surface area contributed by atoms with Crippen LogP contribution in [0, 0.1) is 19.3 Å². The van der Waals surface area contributed by atoms with Crippen molar-refractivity contribution in [3.8, 4) is 0 Å². The number of hydrogen-bond acceptors (Lipinski definition) is 3. The third kappa shape index (κ3) is 5.50. The van der Waals surface area contributed by atoms with E-state index in [0.717, 1.165) is 17.0 Å². The Morgan fingerprint density at radius 2 is 2.05 bits per heavy atom. The quantitative estimate of drug-likeness (QED) is 0.807. The molecule has 1 amide bonds. The van der Waals surface area contributed by atoms with Crippen LogP contribution in [0.4, 0.5) is 0 Å². The molecular formula is C16H29N3O2. The van der Waals surface area contributed by atoms with E-state index in [9.17, 15) is 9.90 Å². The topological polar surface area (TPSA) is 67.2 Å². The summed E-state index contributed by atoms with van der Waals surface area (Å²) in [5.74, 6) is 0.0521. The molecule has 1 rings (SSSR count). The van der Waals surface area contributed by atoms with Gasteiger partial charge in [-0.15, -0.1) is 0 Å². The molecule has 1 aromatic heterocycles. The first-order chi connectivity index (χ1) is 9.62. The fourth-order valence-electron chi connectivity index (χ4n) is 2.72. The van der Waals surface area contributed by atoms with Crippen LogP contribution >= 0.6 is 0 Å². The number of carbonyl (C=O) groups excluding carboxylic acids is 1. The van der Waals surface area contributed by atoms with E-state index in [1.807, 2.05) is 25.6 Å². The van der Waals surface area contributed by atoms with E-state index in [1.54, 1.807) is 6.92 Å². The first-order valence-corrected chi connectivity index (χ1v) is 7.56. The lowest BCUT2D eigenvalue weighted by molar-refractivity contribution is -0.121. The Balaban J connectivity index is 2.44. The van der Waals surface area contributed by atoms with Gasteiger partial charge in [0, 0.05) is 25.7 Å². The minimum Gasteiger partial charge on any atom is -0.393 e. The lowest BCUT2D eigenvalue weighted by Gasteiger charge is -2.26. The summed E-state index contributed by atoms with van der Waals surface area (Å²) >= 11 is 0. The maximum Gasteiger partial charge on any atom is 0.220 e. The minimum atomic E-state index is -0.349. The van der Waals surface area contributed by atoms with Crippen molar-refractivity contribution in [1.29, 1.82) is 0 Å². The third-order valence-electron chi connectivity index (χ3n) is 3.87. The number of rotatable bonds is 7. The second-order valence-corrected chi connectivity index (χ2v) is 6.77. The summed E-state index contributed by atoms with van der Waals surface area (Å²) in [6.07, 6.45) is 1.51. The van der Waals surface area contributed by atoms with Gasteiger partial charge in [-0.2, -0.15) is 5.10 Å². The van der Waals surface area contributed by atoms with Crippen LogP contribution in [-0.2, 0) is 18.3 Å². The number of aromatic nitrogens is 2. The Morgan fingerprint density at radius 1 is 1.43 bits per heavy atom. The largest absolute Gasteiger partial charge is 0.393 e. The highest BCUT2D eigenvalue weighted by Gasteiger charge is 2.21. The van der Waals surface area contributed by atoms with E-state index in [1.165, 1.54) is 0 Å². The number of amides is 1. The van der Waals surface area contributed by atoms with Gasteiger partial charge in [0.15, 0.2) is 0 Å². The SMILES string of the molecule is Cc1nn(C)c(C)c1CCC(=O)NCC(C)(C)CC(C)O. The number of aliphatic hydroxyl groups is 1. The number of nitrogens with one attached hydrogen (secondary N) is 1. The molecular weight excluding hydrogens is 266 g/mol. The first kappa shape index (κ1) is 17.7. The molecule has 1 unspecified atom stereocenters. The summed E-state index contributed by atoms with van der Waals surface area (Å²) < 4.78 is 1.86. The molecule has 0 saturated carbocycles. The normalized spacial score (nSPS) is 13.3. The molecule has 1 heterocycles. The van der Waals surface area contributed by atoms with Crippen molar-refractivity contribution in [2.45, 2.75) is 60.0 Å². The molecule has 21 heavy (non-hydrogen) atoms. The Kier molecular flexibility index (Phi) is 5.96. The van der Waals surface area contributed by atoms with Crippen LogP contribution in [0.3, 0.4) is 0 Å². The van der Waals surface area contributed by atoms with E-state index in [0.29, 0.717) is 25.8 Å². The van der Waals surface area contributed by atoms with E-state index < -0.39 is 0 Å². The maximum atomic E-state index is 12.0. The van der Waals surface area contributed by atoms with Crippen LogP contribution in [-0.4, -0.2) is 33.4 Å². The molecule has 0 aliphatic carbocycles. The van der Waals surface area contributed by atoms with E-state index in [-0.39, 0.29) is 17.4 Å². The molecule has 120 valence electrons. The fraction of sp³-hybridized carbons (Fsp3) is 0.750. The Hall–Kier alpha value is -1.36. The lowest BCUT2D eigenvalue weighted by atomic mass is 9.87. The monoisotopic (exact) mass is 295 g/mol. The van der Waals surface area contributed by atoms with Gasteiger partial charge < -0.3 is 10.4 Å². The van der Waals surface area contributed by atoms with Crippen LogP contribution in [0.5, 0.6) is 0 Å². The molecule has 0 aliphatic rings. The molecule has 5 nitrogen and oxygen atoms in total. The molecule has 0 radical (unpaired) electrons. The molecule has 0 aliphatic heterocycles. The van der Waals surface area contributed by atoms with E-state index in [4.69, 9.17) is 0 Å². The van der Waals surface area contributed by atoms with Gasteiger partial charge in [-0.25, -0.2) is 0 Å². The van der Waals surface area contributed by atoms with Gasteiger partial charge in [0.25, 0.3) is 0 Å². The van der Waals surface area contributed by atoms with Crippen LogP contribution in [0.15, 0.2) is 0 Å². The molecule has 1 atom stereocenters. The zero-order valence-corrected chi connectivity index (χ0v) is 14.2. The van der Waals surface area contributed by atoms with Gasteiger partial charge in [-0.3, -0.25) is 9.48 Å². The molecule has 0 fully saturated rings. The summed E-state index contributed by atoms with van der Waals surface area (Å²) in [4.78, 5) is 12.0. The van der Waals surface area contributed by atoms with Crippen LogP contribution < -0.4 is 5.32 Å². The van der Waals surface area contributed by atoms with Gasteiger partial charge in [0.2, 0.25) is 5.91 Å². The van der Waals surface area contributed by atoms with Crippen LogP contribution in [0.2, 0.25) is 0 Å². The average Bonchev–Trinajstić information content (AvgIpc) is 2.57. The van der Waals surface area contributed by atoms with E-state index >= 15 is 0 Å². The molecule has 0 aromatic carbocycles. The zero-order valence-electron chi connectivity index (χ0n) is 14.2. The highest BCUT2D eigenvalue weighted by Crippen LogP contribution is 2.21. The second-order valence-electron chi connectivity index (χ2n) is 6.77. The zero-order chi connectivity index (χ0) is 16.2. The Bertz CT molecular complexity index is 490. The van der Waals surface area contributed by atoms with Gasteiger partial charge in [-0.1, -0.05) is 13.8 Å². The number of aryl methyl sites for hydroxylation is 2. The maximum absolute atomic E-state index is 12.0. The standard InChI is InChI=1S/C16H29N3O2/c1-11(20)9-16(4,5)10-17-15(21)8-7-14-12(2)18-19(6)13(14)3/h11,20H,7-10H2,1-6H3,(H,17,21). The van der Waals surface area contributed by atoms with Crippen LogP contribution in [0.1, 0.15) is 50.6 Å². The summed E-state index contributed by atoms with van der Waals surface area (Å²) in [5, 5.41) is 16.8.